The van der Waals surface area contributed by atoms with E-state index in [0.29, 0.717) is 12.6 Å². The first-order valence-electron chi connectivity index (χ1n) is 12.2. The topological polar surface area (TPSA) is 89.5 Å². The van der Waals surface area contributed by atoms with Crippen LogP contribution in [0.15, 0.2) is 79.9 Å². The number of aromatic nitrogens is 7. The van der Waals surface area contributed by atoms with E-state index in [2.05, 4.69) is 46.5 Å². The Balaban J connectivity index is 1.17. The molecule has 1 saturated heterocycles. The maximum absolute atomic E-state index is 5.58. The minimum absolute atomic E-state index is 0.123. The fourth-order valence-electron chi connectivity index (χ4n) is 4.61. The van der Waals surface area contributed by atoms with E-state index in [-0.39, 0.29) is 6.04 Å². The lowest BCUT2D eigenvalue weighted by Gasteiger charge is -2.41. The Morgan fingerprint density at radius 1 is 1.03 bits per heavy atom. The van der Waals surface area contributed by atoms with Crippen LogP contribution < -0.4 is 9.80 Å². The summed E-state index contributed by atoms with van der Waals surface area (Å²) in [5.41, 5.74) is 4.08. The van der Waals surface area contributed by atoms with Crippen molar-refractivity contribution in [1.82, 2.24) is 34.1 Å². The van der Waals surface area contributed by atoms with Gasteiger partial charge in [-0.3, -0.25) is 4.98 Å². The van der Waals surface area contributed by atoms with Crippen LogP contribution >= 0.6 is 0 Å². The van der Waals surface area contributed by atoms with Crippen LogP contribution in [-0.4, -0.2) is 73.5 Å². The highest BCUT2D eigenvalue weighted by molar-refractivity contribution is 5.68. The van der Waals surface area contributed by atoms with E-state index in [1.165, 1.54) is 5.69 Å². The molecule has 0 aliphatic carbocycles. The van der Waals surface area contributed by atoms with Crippen molar-refractivity contribution in [2.45, 2.75) is 6.04 Å². The first-order valence-corrected chi connectivity index (χ1v) is 12.2. The van der Waals surface area contributed by atoms with E-state index in [0.717, 1.165) is 42.2 Å². The highest BCUT2D eigenvalue weighted by Crippen LogP contribution is 2.24. The van der Waals surface area contributed by atoms with Crippen LogP contribution in [0.5, 0.6) is 0 Å². The molecule has 6 rings (SSSR count). The Kier molecular flexibility index (Phi) is 6.30. The van der Waals surface area contributed by atoms with Crippen molar-refractivity contribution in [2.24, 2.45) is 0 Å². The molecule has 0 aromatic carbocycles. The Bertz CT molecular complexity index is 1460. The molecule has 37 heavy (non-hydrogen) atoms. The molecule has 1 aliphatic rings. The molecule has 1 fully saturated rings. The predicted octanol–water partition coefficient (Wildman–Crippen LogP) is 3.22. The zero-order valence-corrected chi connectivity index (χ0v) is 20.5. The molecule has 0 radical (unpaired) electrons. The summed E-state index contributed by atoms with van der Waals surface area (Å²) in [6, 6.07) is 10.0. The fourth-order valence-corrected chi connectivity index (χ4v) is 4.61. The van der Waals surface area contributed by atoms with Gasteiger partial charge in [0.25, 0.3) is 0 Å². The summed E-state index contributed by atoms with van der Waals surface area (Å²) >= 11 is 0. The van der Waals surface area contributed by atoms with Gasteiger partial charge in [-0.15, -0.1) is 0 Å². The van der Waals surface area contributed by atoms with Crippen molar-refractivity contribution in [2.75, 3.05) is 43.2 Å². The average Bonchev–Trinajstić information content (AvgIpc) is 3.63. The van der Waals surface area contributed by atoms with Crippen molar-refractivity contribution >= 4 is 29.3 Å². The van der Waals surface area contributed by atoms with Gasteiger partial charge in [-0.25, -0.2) is 19.6 Å². The lowest BCUT2D eigenvalue weighted by Crippen LogP contribution is -2.55. The van der Waals surface area contributed by atoms with Crippen LogP contribution in [-0.2, 0) is 4.74 Å². The van der Waals surface area contributed by atoms with E-state index in [4.69, 9.17) is 9.72 Å². The van der Waals surface area contributed by atoms with E-state index in [1.54, 1.807) is 24.2 Å². The summed E-state index contributed by atoms with van der Waals surface area (Å²) in [5.74, 6) is 1.49. The summed E-state index contributed by atoms with van der Waals surface area (Å²) < 4.78 is 9.41. The van der Waals surface area contributed by atoms with Gasteiger partial charge < -0.3 is 18.9 Å². The van der Waals surface area contributed by atoms with Gasteiger partial charge in [0, 0.05) is 70.1 Å². The van der Waals surface area contributed by atoms with Crippen LogP contribution in [0.4, 0.5) is 11.6 Å². The van der Waals surface area contributed by atoms with Gasteiger partial charge in [0.05, 0.1) is 35.7 Å². The van der Waals surface area contributed by atoms with Crippen LogP contribution in [0, 0.1) is 0 Å². The summed E-state index contributed by atoms with van der Waals surface area (Å²) in [4.78, 5) is 22.8. The molecule has 1 atom stereocenters. The first kappa shape index (κ1) is 22.9. The SMILES string of the molecule is COC[C@H]1CN(c2cc3cnccn3c2)CCN1c1nccc(/C=C/c2ccc(-n3cccn3)nc2)n1. The minimum Gasteiger partial charge on any atom is -0.382 e. The number of methoxy groups -OCH3 is 1. The molecule has 5 aromatic rings. The molecule has 0 unspecified atom stereocenters. The average molecular weight is 494 g/mol. The lowest BCUT2D eigenvalue weighted by atomic mass is 10.1. The Morgan fingerprint density at radius 3 is 2.81 bits per heavy atom. The molecular weight excluding hydrogens is 466 g/mol. The molecule has 0 spiro atoms. The Morgan fingerprint density at radius 2 is 2.00 bits per heavy atom. The Labute approximate surface area is 214 Å². The second-order valence-electron chi connectivity index (χ2n) is 8.87. The van der Waals surface area contributed by atoms with Gasteiger partial charge in [-0.05, 0) is 42.0 Å². The summed E-state index contributed by atoms with van der Waals surface area (Å²) in [5, 5.41) is 4.21. The number of hydrogen-bond acceptors (Lipinski definition) is 8. The molecule has 0 N–H and O–H groups in total. The molecule has 0 saturated carbocycles. The molecule has 0 bridgehead atoms. The van der Waals surface area contributed by atoms with Crippen LogP contribution in [0.25, 0.3) is 23.5 Å². The van der Waals surface area contributed by atoms with Crippen molar-refractivity contribution < 1.29 is 4.74 Å². The molecule has 10 nitrogen and oxygen atoms in total. The highest BCUT2D eigenvalue weighted by Gasteiger charge is 2.29. The second kappa shape index (κ2) is 10.2. The highest BCUT2D eigenvalue weighted by atomic mass is 16.5. The Hall–Kier alpha value is -4.57. The second-order valence-corrected chi connectivity index (χ2v) is 8.87. The predicted molar refractivity (Wildman–Crippen MR) is 143 cm³/mol. The number of anilines is 2. The van der Waals surface area contributed by atoms with Gasteiger partial charge in [0.15, 0.2) is 5.82 Å². The van der Waals surface area contributed by atoms with E-state index >= 15 is 0 Å². The van der Waals surface area contributed by atoms with E-state index in [9.17, 15) is 0 Å². The zero-order valence-electron chi connectivity index (χ0n) is 20.5. The maximum atomic E-state index is 5.58. The molecule has 6 heterocycles. The molecule has 10 heteroatoms. The number of ether oxygens (including phenoxy) is 1. The third-order valence-corrected chi connectivity index (χ3v) is 6.47. The van der Waals surface area contributed by atoms with Gasteiger partial charge in [-0.2, -0.15) is 5.10 Å². The van der Waals surface area contributed by atoms with Crippen LogP contribution in [0.3, 0.4) is 0 Å². The summed E-state index contributed by atoms with van der Waals surface area (Å²) in [6.45, 7) is 3.06. The molecule has 5 aromatic heterocycles. The molecule has 0 amide bonds. The van der Waals surface area contributed by atoms with E-state index < -0.39 is 0 Å². The third-order valence-electron chi connectivity index (χ3n) is 6.47. The van der Waals surface area contributed by atoms with Crippen LogP contribution in [0.2, 0.25) is 0 Å². The van der Waals surface area contributed by atoms with Crippen molar-refractivity contribution in [1.29, 1.82) is 0 Å². The smallest absolute Gasteiger partial charge is 0.226 e. The van der Waals surface area contributed by atoms with Gasteiger partial charge in [-0.1, -0.05) is 6.08 Å². The number of rotatable bonds is 7. The van der Waals surface area contributed by atoms with E-state index in [1.807, 2.05) is 67.4 Å². The normalized spacial score (nSPS) is 16.2. The number of hydrogen-bond donors (Lipinski definition) is 0. The number of fused-ring (bicyclic) bond motifs is 1. The summed E-state index contributed by atoms with van der Waals surface area (Å²) in [6.07, 6.45) is 19.0. The first-order chi connectivity index (χ1) is 18.3. The molecule has 1 aliphatic heterocycles. The van der Waals surface area contributed by atoms with Crippen molar-refractivity contribution in [3.05, 3.63) is 91.2 Å². The monoisotopic (exact) mass is 493 g/mol. The maximum Gasteiger partial charge on any atom is 0.226 e. The molecular formula is C27H27N9O. The quantitative estimate of drug-likeness (QED) is 0.342. The summed E-state index contributed by atoms with van der Waals surface area (Å²) in [7, 11) is 1.74. The lowest BCUT2D eigenvalue weighted by molar-refractivity contribution is 0.173. The van der Waals surface area contributed by atoms with Gasteiger partial charge in [0.1, 0.15) is 0 Å². The number of piperazine rings is 1. The molecule has 186 valence electrons. The van der Waals surface area contributed by atoms with Gasteiger partial charge in [0.2, 0.25) is 5.95 Å². The van der Waals surface area contributed by atoms with Gasteiger partial charge >= 0.3 is 0 Å². The van der Waals surface area contributed by atoms with Crippen molar-refractivity contribution in [3.8, 4) is 5.82 Å². The van der Waals surface area contributed by atoms with Crippen molar-refractivity contribution in [3.63, 3.8) is 0 Å². The third kappa shape index (κ3) is 4.91. The standard InChI is InChI=1S/C27H27N9O/c1-37-20-25-19-34(24-15-23-17-28-10-12-33(23)18-24)13-14-35(25)27-29-9-7-22(32-27)5-3-21-4-6-26(30-16-21)36-11-2-8-31-36/h2-12,15-18,25H,13-14,19-20H2,1H3/b5-3+/t25-/m1/s1. The zero-order chi connectivity index (χ0) is 25.0. The number of nitrogens with zero attached hydrogens (tertiary/aromatic N) is 9. The largest absolute Gasteiger partial charge is 0.382 e. The minimum atomic E-state index is 0.123. The van der Waals surface area contributed by atoms with Crippen LogP contribution in [0.1, 0.15) is 11.3 Å². The fraction of sp³-hybridized carbons (Fsp3) is 0.222. The number of pyridine rings is 1.